The molecule has 0 spiro atoms. The number of amides is 1. The number of aryl methyl sites for hydroxylation is 2. The third kappa shape index (κ3) is 4.68. The lowest BCUT2D eigenvalue weighted by molar-refractivity contribution is 0.0948. The van der Waals surface area contributed by atoms with Crippen LogP contribution in [0.15, 0.2) is 46.9 Å². The molecule has 0 radical (unpaired) electrons. The summed E-state index contributed by atoms with van der Waals surface area (Å²) in [4.78, 5) is 14.9. The number of aromatic nitrogens is 3. The molecule has 1 N–H and O–H groups in total. The van der Waals surface area contributed by atoms with Crippen molar-refractivity contribution in [2.24, 2.45) is 0 Å². The van der Waals surface area contributed by atoms with Crippen LogP contribution in [-0.4, -0.2) is 45.2 Å². The molecule has 7 heteroatoms. The van der Waals surface area contributed by atoms with Crippen molar-refractivity contribution in [3.8, 4) is 0 Å². The van der Waals surface area contributed by atoms with Crippen molar-refractivity contribution < 1.29 is 9.21 Å². The van der Waals surface area contributed by atoms with Crippen LogP contribution in [0.3, 0.4) is 0 Å². The fraction of sp³-hybridized carbons (Fsp3) is 0.348. The summed E-state index contributed by atoms with van der Waals surface area (Å²) in [6.07, 6.45) is 5.21. The Kier molecular flexibility index (Phi) is 6.09. The molecule has 1 aliphatic rings. The van der Waals surface area contributed by atoms with Crippen LogP contribution in [0.2, 0.25) is 0 Å². The Morgan fingerprint density at radius 2 is 2.00 bits per heavy atom. The Balaban J connectivity index is 1.33. The summed E-state index contributed by atoms with van der Waals surface area (Å²) in [5.41, 5.74) is 1.78. The molecule has 4 rings (SSSR count). The summed E-state index contributed by atoms with van der Waals surface area (Å²) >= 11 is 0. The zero-order valence-corrected chi connectivity index (χ0v) is 17.5. The fourth-order valence-corrected chi connectivity index (χ4v) is 3.75. The van der Waals surface area contributed by atoms with Gasteiger partial charge in [-0.1, -0.05) is 42.5 Å². The molecule has 0 atom stereocenters. The van der Waals surface area contributed by atoms with Gasteiger partial charge in [-0.15, -0.1) is 10.2 Å². The normalized spacial score (nSPS) is 14.6. The van der Waals surface area contributed by atoms with Crippen LogP contribution in [0, 0.1) is 13.8 Å². The molecule has 0 bridgehead atoms. The lowest BCUT2D eigenvalue weighted by Crippen LogP contribution is -2.28. The predicted octanol–water partition coefficient (Wildman–Crippen LogP) is 2.99. The second kappa shape index (κ2) is 9.09. The molecule has 1 amide bonds. The van der Waals surface area contributed by atoms with Crippen molar-refractivity contribution in [2.75, 3.05) is 19.6 Å². The maximum atomic E-state index is 12.5. The maximum Gasteiger partial charge on any atom is 0.255 e. The van der Waals surface area contributed by atoms with Crippen LogP contribution >= 0.6 is 0 Å². The molecule has 3 heterocycles. The number of nitrogens with zero attached hydrogens (tertiary/aromatic N) is 4. The summed E-state index contributed by atoms with van der Waals surface area (Å²) in [6, 6.07) is 12.1. The minimum absolute atomic E-state index is 0.150. The molecule has 156 valence electrons. The molecule has 30 heavy (non-hydrogen) atoms. The molecule has 0 aliphatic carbocycles. The second-order valence-corrected chi connectivity index (χ2v) is 7.56. The van der Waals surface area contributed by atoms with Gasteiger partial charge in [0.25, 0.3) is 5.91 Å². The predicted molar refractivity (Wildman–Crippen MR) is 115 cm³/mol. The van der Waals surface area contributed by atoms with E-state index in [2.05, 4.69) is 49.3 Å². The third-order valence-corrected chi connectivity index (χ3v) is 5.36. The van der Waals surface area contributed by atoms with Crippen LogP contribution < -0.4 is 5.32 Å². The molecule has 7 nitrogen and oxygen atoms in total. The van der Waals surface area contributed by atoms with Gasteiger partial charge in [0.1, 0.15) is 17.3 Å². The number of nitrogens with one attached hydrogen (secondary N) is 1. The molecule has 0 fully saturated rings. The van der Waals surface area contributed by atoms with Gasteiger partial charge in [0, 0.05) is 32.6 Å². The second-order valence-electron chi connectivity index (χ2n) is 7.56. The van der Waals surface area contributed by atoms with Gasteiger partial charge in [0.15, 0.2) is 5.82 Å². The van der Waals surface area contributed by atoms with Gasteiger partial charge in [0.05, 0.1) is 12.1 Å². The lowest BCUT2D eigenvalue weighted by atomic mass is 10.2. The van der Waals surface area contributed by atoms with Crippen molar-refractivity contribution in [1.82, 2.24) is 25.0 Å². The Morgan fingerprint density at radius 3 is 2.77 bits per heavy atom. The molecular weight excluding hydrogens is 378 g/mol. The molecule has 0 unspecified atom stereocenters. The highest BCUT2D eigenvalue weighted by Crippen LogP contribution is 2.14. The number of rotatable bonds is 6. The first-order valence-electron chi connectivity index (χ1n) is 10.3. The Bertz CT molecular complexity index is 1040. The highest BCUT2D eigenvalue weighted by molar-refractivity contribution is 5.95. The minimum atomic E-state index is -0.150. The van der Waals surface area contributed by atoms with Gasteiger partial charge in [-0.2, -0.15) is 0 Å². The number of fused-ring (bicyclic) bond motifs is 1. The highest BCUT2D eigenvalue weighted by atomic mass is 16.3. The van der Waals surface area contributed by atoms with Gasteiger partial charge < -0.3 is 14.3 Å². The van der Waals surface area contributed by atoms with Gasteiger partial charge in [-0.3, -0.25) is 9.69 Å². The molecule has 0 saturated carbocycles. The van der Waals surface area contributed by atoms with Crippen LogP contribution in [0.4, 0.5) is 0 Å². The first-order valence-corrected chi connectivity index (χ1v) is 10.3. The minimum Gasteiger partial charge on any atom is -0.466 e. The zero-order valence-electron chi connectivity index (χ0n) is 17.5. The summed E-state index contributed by atoms with van der Waals surface area (Å²) in [5, 5.41) is 11.6. The SMILES string of the molecule is Cc1cc(C(=O)NCc2nnc3n2CCN(CC=Cc2ccccc2)CC3)c(C)o1. The summed E-state index contributed by atoms with van der Waals surface area (Å²) in [5.74, 6) is 2.98. The van der Waals surface area contributed by atoms with Crippen LogP contribution in [0.25, 0.3) is 6.08 Å². The third-order valence-electron chi connectivity index (χ3n) is 5.36. The number of furan rings is 1. The van der Waals surface area contributed by atoms with Crippen LogP contribution in [-0.2, 0) is 19.5 Å². The van der Waals surface area contributed by atoms with E-state index in [4.69, 9.17) is 4.42 Å². The first-order chi connectivity index (χ1) is 14.6. The van der Waals surface area contributed by atoms with Crippen LogP contribution in [0.1, 0.15) is 39.1 Å². The molecule has 2 aromatic heterocycles. The molecule has 3 aromatic rings. The number of hydrogen-bond donors (Lipinski definition) is 1. The van der Waals surface area contributed by atoms with E-state index in [1.165, 1.54) is 5.56 Å². The van der Waals surface area contributed by atoms with E-state index in [0.29, 0.717) is 17.9 Å². The lowest BCUT2D eigenvalue weighted by Gasteiger charge is -2.17. The van der Waals surface area contributed by atoms with Gasteiger partial charge in [-0.05, 0) is 25.5 Å². The Hall–Kier alpha value is -3.19. The number of hydrogen-bond acceptors (Lipinski definition) is 5. The Morgan fingerprint density at radius 1 is 1.17 bits per heavy atom. The van der Waals surface area contributed by atoms with E-state index >= 15 is 0 Å². The van der Waals surface area contributed by atoms with Crippen molar-refractivity contribution in [3.05, 3.63) is 76.8 Å². The summed E-state index contributed by atoms with van der Waals surface area (Å²) in [7, 11) is 0. The van der Waals surface area contributed by atoms with E-state index in [1.807, 2.05) is 25.1 Å². The summed E-state index contributed by atoms with van der Waals surface area (Å²) in [6.45, 7) is 7.56. The van der Waals surface area contributed by atoms with Crippen molar-refractivity contribution in [3.63, 3.8) is 0 Å². The monoisotopic (exact) mass is 405 g/mol. The smallest absolute Gasteiger partial charge is 0.255 e. The fourth-order valence-electron chi connectivity index (χ4n) is 3.75. The standard InChI is InChI=1S/C23H27N5O2/c1-17-15-20(18(2)30-17)23(29)24-16-22-26-25-21-10-12-27(13-14-28(21)22)11-6-9-19-7-4-3-5-8-19/h3-9,15H,10-14,16H2,1-2H3,(H,24,29). The van der Waals surface area contributed by atoms with E-state index in [0.717, 1.165) is 50.0 Å². The van der Waals surface area contributed by atoms with Crippen molar-refractivity contribution in [2.45, 2.75) is 33.4 Å². The first kappa shape index (κ1) is 20.1. The van der Waals surface area contributed by atoms with Crippen LogP contribution in [0.5, 0.6) is 0 Å². The van der Waals surface area contributed by atoms with Crippen molar-refractivity contribution in [1.29, 1.82) is 0 Å². The summed E-state index contributed by atoms with van der Waals surface area (Å²) < 4.78 is 7.58. The van der Waals surface area contributed by atoms with E-state index in [-0.39, 0.29) is 5.91 Å². The van der Waals surface area contributed by atoms with E-state index in [9.17, 15) is 4.79 Å². The zero-order chi connectivity index (χ0) is 20.9. The molecule has 1 aromatic carbocycles. The van der Waals surface area contributed by atoms with Crippen molar-refractivity contribution >= 4 is 12.0 Å². The van der Waals surface area contributed by atoms with Gasteiger partial charge in [0.2, 0.25) is 0 Å². The van der Waals surface area contributed by atoms with Gasteiger partial charge in [-0.25, -0.2) is 0 Å². The number of carbonyl (C=O) groups excluding carboxylic acids is 1. The quantitative estimate of drug-likeness (QED) is 0.682. The average Bonchev–Trinajstić information content (AvgIpc) is 3.23. The molecule has 0 saturated heterocycles. The maximum absolute atomic E-state index is 12.5. The molecular formula is C23H27N5O2. The average molecular weight is 406 g/mol. The number of carbonyl (C=O) groups is 1. The molecule has 1 aliphatic heterocycles. The van der Waals surface area contributed by atoms with E-state index in [1.54, 1.807) is 13.0 Å². The van der Waals surface area contributed by atoms with Gasteiger partial charge >= 0.3 is 0 Å². The Labute approximate surface area is 176 Å². The largest absolute Gasteiger partial charge is 0.466 e. The number of benzene rings is 1. The highest BCUT2D eigenvalue weighted by Gasteiger charge is 2.19. The van der Waals surface area contributed by atoms with E-state index < -0.39 is 0 Å². The topological polar surface area (TPSA) is 76.2 Å².